The number of carbonyl (C=O) groups excluding carboxylic acids is 3. The highest BCUT2D eigenvalue weighted by molar-refractivity contribution is 7.09. The summed E-state index contributed by atoms with van der Waals surface area (Å²) in [4.78, 5) is 44.6. The Morgan fingerprint density at radius 1 is 1.06 bits per heavy atom. The fraction of sp³-hybridized carbons (Fsp3) is 0.261. The van der Waals surface area contributed by atoms with Gasteiger partial charge in [0.05, 0.1) is 5.69 Å². The number of nitrogen functional groups attached to an aromatic ring is 1. The molecule has 1 aromatic carbocycles. The molecule has 33 heavy (non-hydrogen) atoms. The Kier molecular flexibility index (Phi) is 6.64. The summed E-state index contributed by atoms with van der Waals surface area (Å²) in [5.41, 5.74) is 12.2. The van der Waals surface area contributed by atoms with Crippen molar-refractivity contribution in [1.82, 2.24) is 14.7 Å². The molecule has 1 aliphatic rings. The number of hydrogen-bond donors (Lipinski definition) is 3. The van der Waals surface area contributed by atoms with E-state index in [4.69, 9.17) is 11.5 Å². The average molecular weight is 465 g/mol. The number of nitrogens with two attached hydrogens (primary N) is 2. The molecular weight excluding hydrogens is 440 g/mol. The van der Waals surface area contributed by atoms with Gasteiger partial charge in [-0.25, -0.2) is 0 Å². The zero-order valence-corrected chi connectivity index (χ0v) is 18.6. The van der Waals surface area contributed by atoms with Crippen LogP contribution in [0.3, 0.4) is 0 Å². The monoisotopic (exact) mass is 464 g/mol. The first kappa shape index (κ1) is 22.4. The largest absolute Gasteiger partial charge is 0.395 e. The van der Waals surface area contributed by atoms with Gasteiger partial charge in [0.2, 0.25) is 5.91 Å². The standard InChI is InChI=1S/C23H24N6O3S/c24-17-18(21(25)30)28-33-20(17)23(32)29(16-8-2-1-3-9-16)19(14-10-12-26-13-11-14)22(31)27-15-6-4-5-7-15/h1-3,8-13,15,19H,4-7,24H2,(H2,25,30)(H,27,31)/t19-/m0/s1. The molecule has 4 rings (SSSR count). The number of para-hydroxylation sites is 1. The molecule has 2 aromatic heterocycles. The number of benzene rings is 1. The van der Waals surface area contributed by atoms with E-state index in [1.807, 2.05) is 6.07 Å². The van der Waals surface area contributed by atoms with Gasteiger partial charge in [-0.05, 0) is 54.2 Å². The molecule has 3 amide bonds. The van der Waals surface area contributed by atoms with E-state index < -0.39 is 17.9 Å². The zero-order chi connectivity index (χ0) is 23.4. The zero-order valence-electron chi connectivity index (χ0n) is 17.8. The van der Waals surface area contributed by atoms with Crippen LogP contribution < -0.4 is 21.7 Å². The quantitative estimate of drug-likeness (QED) is 0.490. The summed E-state index contributed by atoms with van der Waals surface area (Å²) in [7, 11) is 0. The van der Waals surface area contributed by atoms with Gasteiger partial charge in [0.25, 0.3) is 11.8 Å². The van der Waals surface area contributed by atoms with Crippen LogP contribution in [-0.4, -0.2) is 33.1 Å². The summed E-state index contributed by atoms with van der Waals surface area (Å²) >= 11 is 0.782. The number of pyridine rings is 1. The molecule has 0 radical (unpaired) electrons. The van der Waals surface area contributed by atoms with Gasteiger partial charge in [-0.1, -0.05) is 31.0 Å². The maximum absolute atomic E-state index is 13.8. The third-order valence-corrected chi connectivity index (χ3v) is 6.49. The van der Waals surface area contributed by atoms with Gasteiger partial charge in [-0.15, -0.1) is 0 Å². The van der Waals surface area contributed by atoms with Gasteiger partial charge in [0.1, 0.15) is 10.9 Å². The van der Waals surface area contributed by atoms with E-state index in [0.29, 0.717) is 11.3 Å². The molecule has 0 aliphatic heterocycles. The van der Waals surface area contributed by atoms with Gasteiger partial charge in [-0.3, -0.25) is 24.3 Å². The molecule has 3 aromatic rings. The molecule has 1 fully saturated rings. The summed E-state index contributed by atoms with van der Waals surface area (Å²) in [6, 6.07) is 11.3. The summed E-state index contributed by atoms with van der Waals surface area (Å²) in [6.45, 7) is 0. The lowest BCUT2D eigenvalue weighted by molar-refractivity contribution is -0.123. The number of primary amides is 1. The van der Waals surface area contributed by atoms with Crippen molar-refractivity contribution >= 4 is 40.6 Å². The lowest BCUT2D eigenvalue weighted by Gasteiger charge is -2.32. The van der Waals surface area contributed by atoms with Crippen molar-refractivity contribution < 1.29 is 14.4 Å². The average Bonchev–Trinajstić information content (AvgIpc) is 3.47. The highest BCUT2D eigenvalue weighted by Crippen LogP contribution is 2.33. The summed E-state index contributed by atoms with van der Waals surface area (Å²) < 4.78 is 3.96. The Morgan fingerprint density at radius 2 is 1.73 bits per heavy atom. The SMILES string of the molecule is NC(=O)c1nsc(C(=O)N(c2ccccc2)[C@H](C(=O)NC2CCCC2)c2ccncc2)c1N. The van der Waals surface area contributed by atoms with E-state index in [2.05, 4.69) is 14.7 Å². The maximum atomic E-state index is 13.8. The maximum Gasteiger partial charge on any atom is 0.273 e. The second-order valence-electron chi connectivity index (χ2n) is 7.82. The summed E-state index contributed by atoms with van der Waals surface area (Å²) in [5.74, 6) is -1.67. The van der Waals surface area contributed by atoms with Crippen LogP contribution in [0.5, 0.6) is 0 Å². The second kappa shape index (κ2) is 9.78. The molecule has 10 heteroatoms. The van der Waals surface area contributed by atoms with Crippen LogP contribution in [0.15, 0.2) is 54.9 Å². The first-order chi connectivity index (χ1) is 16.0. The van der Waals surface area contributed by atoms with E-state index in [-0.39, 0.29) is 28.2 Å². The minimum Gasteiger partial charge on any atom is -0.395 e. The van der Waals surface area contributed by atoms with Crippen LogP contribution in [0.1, 0.15) is 57.4 Å². The number of nitrogens with one attached hydrogen (secondary N) is 1. The van der Waals surface area contributed by atoms with Crippen LogP contribution >= 0.6 is 11.5 Å². The second-order valence-corrected chi connectivity index (χ2v) is 8.60. The molecule has 2 heterocycles. The molecule has 1 atom stereocenters. The third kappa shape index (κ3) is 4.70. The Bertz CT molecular complexity index is 1150. The Morgan fingerprint density at radius 3 is 2.33 bits per heavy atom. The number of hydrogen-bond acceptors (Lipinski definition) is 7. The van der Waals surface area contributed by atoms with Crippen molar-refractivity contribution in [3.05, 3.63) is 71.0 Å². The normalized spacial score (nSPS) is 14.5. The highest BCUT2D eigenvalue weighted by atomic mass is 32.1. The van der Waals surface area contributed by atoms with Crippen LogP contribution in [0, 0.1) is 0 Å². The fourth-order valence-electron chi connectivity index (χ4n) is 4.02. The molecule has 9 nitrogen and oxygen atoms in total. The Hall–Kier alpha value is -3.79. The third-order valence-electron chi connectivity index (χ3n) is 5.64. The number of amides is 3. The van der Waals surface area contributed by atoms with E-state index in [1.165, 1.54) is 4.90 Å². The predicted molar refractivity (Wildman–Crippen MR) is 126 cm³/mol. The van der Waals surface area contributed by atoms with Crippen molar-refractivity contribution in [2.24, 2.45) is 5.73 Å². The molecule has 0 saturated heterocycles. The van der Waals surface area contributed by atoms with Crippen LogP contribution in [-0.2, 0) is 4.79 Å². The molecule has 0 spiro atoms. The number of rotatable bonds is 7. The minimum absolute atomic E-state index is 0.0420. The first-order valence-electron chi connectivity index (χ1n) is 10.6. The number of carbonyl (C=O) groups is 3. The van der Waals surface area contributed by atoms with E-state index in [0.717, 1.165) is 37.2 Å². The lowest BCUT2D eigenvalue weighted by Crippen LogP contribution is -2.46. The van der Waals surface area contributed by atoms with Crippen molar-refractivity contribution in [3.8, 4) is 0 Å². The first-order valence-corrected chi connectivity index (χ1v) is 11.4. The Balaban J connectivity index is 1.81. The highest BCUT2D eigenvalue weighted by Gasteiger charge is 2.36. The van der Waals surface area contributed by atoms with Crippen LogP contribution in [0.25, 0.3) is 0 Å². The summed E-state index contributed by atoms with van der Waals surface area (Å²) in [6.07, 6.45) is 7.06. The predicted octanol–water partition coefficient (Wildman–Crippen LogP) is 2.67. The van der Waals surface area contributed by atoms with Crippen LogP contribution in [0.4, 0.5) is 11.4 Å². The van der Waals surface area contributed by atoms with Crippen molar-refractivity contribution in [2.75, 3.05) is 10.6 Å². The molecule has 0 bridgehead atoms. The summed E-state index contributed by atoms with van der Waals surface area (Å²) in [5, 5.41) is 3.10. The molecule has 170 valence electrons. The minimum atomic E-state index is -0.984. The van der Waals surface area contributed by atoms with E-state index in [9.17, 15) is 14.4 Å². The topological polar surface area (TPSA) is 144 Å². The van der Waals surface area contributed by atoms with Crippen molar-refractivity contribution in [3.63, 3.8) is 0 Å². The Labute approximate surface area is 195 Å². The van der Waals surface area contributed by atoms with E-state index in [1.54, 1.807) is 48.8 Å². The molecule has 0 unspecified atom stereocenters. The smallest absolute Gasteiger partial charge is 0.273 e. The van der Waals surface area contributed by atoms with Crippen LogP contribution in [0.2, 0.25) is 0 Å². The van der Waals surface area contributed by atoms with Gasteiger partial charge < -0.3 is 16.8 Å². The van der Waals surface area contributed by atoms with Gasteiger partial charge in [0.15, 0.2) is 5.69 Å². The molecule has 5 N–H and O–H groups in total. The van der Waals surface area contributed by atoms with Gasteiger partial charge >= 0.3 is 0 Å². The fourth-order valence-corrected chi connectivity index (χ4v) is 4.77. The number of aromatic nitrogens is 2. The van der Waals surface area contributed by atoms with Gasteiger partial charge in [-0.2, -0.15) is 4.37 Å². The molecule has 1 aliphatic carbocycles. The van der Waals surface area contributed by atoms with Crippen molar-refractivity contribution in [1.29, 1.82) is 0 Å². The molecule has 1 saturated carbocycles. The number of nitrogens with zero attached hydrogens (tertiary/aromatic N) is 3. The van der Waals surface area contributed by atoms with E-state index >= 15 is 0 Å². The number of anilines is 2. The van der Waals surface area contributed by atoms with Gasteiger partial charge in [0, 0.05) is 24.1 Å². The lowest BCUT2D eigenvalue weighted by atomic mass is 10.0. The molecular formula is C23H24N6O3S. The van der Waals surface area contributed by atoms with Crippen molar-refractivity contribution in [2.45, 2.75) is 37.8 Å².